The summed E-state index contributed by atoms with van der Waals surface area (Å²) in [6, 6.07) is 10.7. The predicted octanol–water partition coefficient (Wildman–Crippen LogP) is 3.83. The number of amides is 3. The van der Waals surface area contributed by atoms with Gasteiger partial charge >= 0.3 is 0 Å². The van der Waals surface area contributed by atoms with Crippen LogP contribution in [0.2, 0.25) is 0 Å². The van der Waals surface area contributed by atoms with Crippen LogP contribution in [0, 0.1) is 11.8 Å². The highest BCUT2D eigenvalue weighted by molar-refractivity contribution is 7.12. The monoisotopic (exact) mass is 399 g/mol. The molecule has 0 saturated carbocycles. The van der Waals surface area contributed by atoms with E-state index < -0.39 is 0 Å². The van der Waals surface area contributed by atoms with Crippen LogP contribution in [0.1, 0.15) is 36.4 Å². The fourth-order valence-corrected chi connectivity index (χ4v) is 3.89. The standard InChI is InChI=1S/C21H25N3O3S/c1-14(2)21(27)24-10-4-6-15(13-24)19(25)22-16-7-3-8-17(12-16)23-20(26)18-9-5-11-28-18/h3,5,7-9,11-12,14-15H,4,6,10,13H2,1-2H3,(H,22,25)(H,23,26). The first-order valence-corrected chi connectivity index (χ1v) is 10.4. The number of likely N-dealkylation sites (tertiary alicyclic amines) is 1. The number of nitrogens with one attached hydrogen (secondary N) is 2. The summed E-state index contributed by atoms with van der Waals surface area (Å²) in [4.78, 5) is 39.5. The van der Waals surface area contributed by atoms with Crippen LogP contribution in [0.15, 0.2) is 41.8 Å². The topological polar surface area (TPSA) is 78.5 Å². The number of anilines is 2. The van der Waals surface area contributed by atoms with Gasteiger partial charge in [0.05, 0.1) is 10.8 Å². The van der Waals surface area contributed by atoms with Crippen LogP contribution < -0.4 is 10.6 Å². The molecule has 28 heavy (non-hydrogen) atoms. The van der Waals surface area contributed by atoms with Crippen LogP contribution in [0.3, 0.4) is 0 Å². The largest absolute Gasteiger partial charge is 0.342 e. The number of thiophene rings is 1. The average molecular weight is 400 g/mol. The zero-order valence-electron chi connectivity index (χ0n) is 16.1. The van der Waals surface area contributed by atoms with Gasteiger partial charge in [-0.15, -0.1) is 11.3 Å². The van der Waals surface area contributed by atoms with E-state index in [1.54, 1.807) is 35.2 Å². The minimum atomic E-state index is -0.221. The van der Waals surface area contributed by atoms with Crippen molar-refractivity contribution in [3.63, 3.8) is 0 Å². The van der Waals surface area contributed by atoms with Gasteiger partial charge in [-0.3, -0.25) is 14.4 Å². The molecule has 1 unspecified atom stereocenters. The summed E-state index contributed by atoms with van der Waals surface area (Å²) in [6.07, 6.45) is 1.59. The molecule has 1 aliphatic heterocycles. The smallest absolute Gasteiger partial charge is 0.265 e. The molecule has 6 nitrogen and oxygen atoms in total. The van der Waals surface area contributed by atoms with Gasteiger partial charge in [-0.1, -0.05) is 26.0 Å². The third-order valence-corrected chi connectivity index (χ3v) is 5.60. The normalized spacial score (nSPS) is 16.7. The van der Waals surface area contributed by atoms with Crippen molar-refractivity contribution in [3.8, 4) is 0 Å². The predicted molar refractivity (Wildman–Crippen MR) is 111 cm³/mol. The first-order valence-electron chi connectivity index (χ1n) is 9.48. The Morgan fingerprint density at radius 2 is 1.86 bits per heavy atom. The van der Waals surface area contributed by atoms with Crippen LogP contribution in [-0.4, -0.2) is 35.7 Å². The van der Waals surface area contributed by atoms with Crippen LogP contribution in [-0.2, 0) is 9.59 Å². The molecule has 1 fully saturated rings. The molecular formula is C21H25N3O3S. The number of carbonyl (C=O) groups excluding carboxylic acids is 3. The van der Waals surface area contributed by atoms with E-state index in [1.165, 1.54) is 11.3 Å². The highest BCUT2D eigenvalue weighted by atomic mass is 32.1. The van der Waals surface area contributed by atoms with Crippen LogP contribution in [0.5, 0.6) is 0 Å². The Morgan fingerprint density at radius 1 is 1.11 bits per heavy atom. The van der Waals surface area contributed by atoms with E-state index in [1.807, 2.05) is 25.3 Å². The molecule has 2 N–H and O–H groups in total. The second-order valence-electron chi connectivity index (χ2n) is 7.28. The summed E-state index contributed by atoms with van der Waals surface area (Å²) in [6.45, 7) is 4.92. The molecule has 3 rings (SSSR count). The van der Waals surface area contributed by atoms with Crippen LogP contribution in [0.4, 0.5) is 11.4 Å². The van der Waals surface area contributed by atoms with E-state index in [0.29, 0.717) is 29.3 Å². The van der Waals surface area contributed by atoms with Crippen molar-refractivity contribution >= 4 is 40.4 Å². The molecule has 2 heterocycles. The number of nitrogens with zero attached hydrogens (tertiary/aromatic N) is 1. The highest BCUT2D eigenvalue weighted by Gasteiger charge is 2.29. The lowest BCUT2D eigenvalue weighted by molar-refractivity contribution is -0.137. The number of benzene rings is 1. The van der Waals surface area contributed by atoms with E-state index in [-0.39, 0.29) is 29.6 Å². The molecule has 1 atom stereocenters. The zero-order valence-corrected chi connectivity index (χ0v) is 16.9. The molecule has 1 aromatic carbocycles. The third kappa shape index (κ3) is 4.98. The summed E-state index contributed by atoms with van der Waals surface area (Å²) < 4.78 is 0. The lowest BCUT2D eigenvalue weighted by Gasteiger charge is -2.33. The van der Waals surface area contributed by atoms with Crippen molar-refractivity contribution in [2.24, 2.45) is 11.8 Å². The van der Waals surface area contributed by atoms with Gasteiger partial charge in [0, 0.05) is 30.4 Å². The Hall–Kier alpha value is -2.67. The Labute approximate surface area is 168 Å². The fourth-order valence-electron chi connectivity index (χ4n) is 3.28. The minimum absolute atomic E-state index is 0.0644. The van der Waals surface area contributed by atoms with E-state index in [9.17, 15) is 14.4 Å². The van der Waals surface area contributed by atoms with Gasteiger partial charge in [-0.2, -0.15) is 0 Å². The van der Waals surface area contributed by atoms with Crippen molar-refractivity contribution in [3.05, 3.63) is 46.7 Å². The molecule has 7 heteroatoms. The van der Waals surface area contributed by atoms with Gasteiger partial charge in [0.25, 0.3) is 5.91 Å². The van der Waals surface area contributed by atoms with Crippen LogP contribution >= 0.6 is 11.3 Å². The number of hydrogen-bond donors (Lipinski definition) is 2. The molecule has 0 radical (unpaired) electrons. The Balaban J connectivity index is 1.61. The molecule has 1 saturated heterocycles. The second kappa shape index (κ2) is 9.01. The molecule has 1 aliphatic rings. The van der Waals surface area contributed by atoms with Gasteiger partial charge in [0.15, 0.2) is 0 Å². The number of piperidine rings is 1. The third-order valence-electron chi connectivity index (χ3n) is 4.73. The van der Waals surface area contributed by atoms with E-state index in [2.05, 4.69) is 10.6 Å². The Kier molecular flexibility index (Phi) is 6.46. The van der Waals surface area contributed by atoms with Crippen molar-refractivity contribution in [1.29, 1.82) is 0 Å². The molecular weight excluding hydrogens is 374 g/mol. The zero-order chi connectivity index (χ0) is 20.1. The highest BCUT2D eigenvalue weighted by Crippen LogP contribution is 2.22. The maximum Gasteiger partial charge on any atom is 0.265 e. The molecule has 0 aliphatic carbocycles. The van der Waals surface area contributed by atoms with Crippen molar-refractivity contribution in [2.45, 2.75) is 26.7 Å². The summed E-state index contributed by atoms with van der Waals surface area (Å²) in [5.41, 5.74) is 1.25. The van der Waals surface area contributed by atoms with Gasteiger partial charge in [0.1, 0.15) is 0 Å². The average Bonchev–Trinajstić information content (AvgIpc) is 3.22. The molecule has 2 aromatic rings. The Bertz CT molecular complexity index is 848. The lowest BCUT2D eigenvalue weighted by atomic mass is 9.96. The van der Waals surface area contributed by atoms with E-state index >= 15 is 0 Å². The molecule has 3 amide bonds. The summed E-state index contributed by atoms with van der Waals surface area (Å²) in [5, 5.41) is 7.61. The SMILES string of the molecule is CC(C)C(=O)N1CCCC(C(=O)Nc2cccc(NC(=O)c3cccs3)c2)C1. The van der Waals surface area contributed by atoms with Gasteiger partial charge in [-0.25, -0.2) is 0 Å². The summed E-state index contributed by atoms with van der Waals surface area (Å²) >= 11 is 1.37. The van der Waals surface area contributed by atoms with Crippen LogP contribution in [0.25, 0.3) is 0 Å². The van der Waals surface area contributed by atoms with Gasteiger partial charge in [-0.05, 0) is 42.5 Å². The maximum absolute atomic E-state index is 12.7. The molecule has 1 aromatic heterocycles. The second-order valence-corrected chi connectivity index (χ2v) is 8.23. The van der Waals surface area contributed by atoms with E-state index in [0.717, 1.165) is 12.8 Å². The lowest BCUT2D eigenvalue weighted by Crippen LogP contribution is -2.45. The minimum Gasteiger partial charge on any atom is -0.342 e. The van der Waals surface area contributed by atoms with Crippen molar-refractivity contribution in [2.75, 3.05) is 23.7 Å². The number of carbonyl (C=O) groups is 3. The van der Waals surface area contributed by atoms with E-state index in [4.69, 9.17) is 0 Å². The maximum atomic E-state index is 12.7. The fraction of sp³-hybridized carbons (Fsp3) is 0.381. The molecule has 0 bridgehead atoms. The number of hydrogen-bond acceptors (Lipinski definition) is 4. The number of rotatable bonds is 5. The Morgan fingerprint density at radius 3 is 2.54 bits per heavy atom. The molecule has 148 valence electrons. The summed E-state index contributed by atoms with van der Waals surface area (Å²) in [5.74, 6) is -0.460. The van der Waals surface area contributed by atoms with Crippen molar-refractivity contribution in [1.82, 2.24) is 4.90 Å². The van der Waals surface area contributed by atoms with Crippen molar-refractivity contribution < 1.29 is 14.4 Å². The molecule has 0 spiro atoms. The summed E-state index contributed by atoms with van der Waals surface area (Å²) in [7, 11) is 0. The van der Waals surface area contributed by atoms with Gasteiger partial charge < -0.3 is 15.5 Å². The first-order chi connectivity index (χ1) is 13.4. The van der Waals surface area contributed by atoms with Gasteiger partial charge in [0.2, 0.25) is 11.8 Å². The first kappa shape index (κ1) is 20.1. The quantitative estimate of drug-likeness (QED) is 0.802.